The highest BCUT2D eigenvalue weighted by molar-refractivity contribution is 5.39. The number of hydrogen-bond donors (Lipinski definition) is 1. The lowest BCUT2D eigenvalue weighted by Crippen LogP contribution is -2.28. The molecular weight excluding hydrogens is 232 g/mol. The van der Waals surface area contributed by atoms with Crippen LogP contribution in [0.15, 0.2) is 24.3 Å². The van der Waals surface area contributed by atoms with Gasteiger partial charge in [-0.25, -0.2) is 0 Å². The number of rotatable bonds is 6. The first kappa shape index (κ1) is 13.0. The molecule has 0 amide bonds. The summed E-state index contributed by atoms with van der Waals surface area (Å²) in [7, 11) is 0. The van der Waals surface area contributed by atoms with E-state index < -0.39 is 0 Å². The van der Waals surface area contributed by atoms with Gasteiger partial charge in [0.15, 0.2) is 0 Å². The van der Waals surface area contributed by atoms with E-state index in [1.165, 1.54) is 0 Å². The molecule has 0 bridgehead atoms. The molecule has 1 fully saturated rings. The van der Waals surface area contributed by atoms with Crippen molar-refractivity contribution < 1.29 is 9.66 Å². The van der Waals surface area contributed by atoms with Crippen LogP contribution in [0.25, 0.3) is 0 Å². The SMILES string of the molecule is O=[N+]([O-])c1ccccc1CCNCC1CCCO1. The molecule has 1 N–H and O–H groups in total. The number of para-hydroxylation sites is 1. The quantitative estimate of drug-likeness (QED) is 0.476. The summed E-state index contributed by atoms with van der Waals surface area (Å²) in [6, 6.07) is 6.89. The standard InChI is InChI=1S/C13H18N2O3/c16-15(17)13-6-2-1-4-11(13)7-8-14-10-12-5-3-9-18-12/h1-2,4,6,12,14H,3,5,7-10H2. The largest absolute Gasteiger partial charge is 0.377 e. The predicted octanol–water partition coefficient (Wildman–Crippen LogP) is 1.91. The Morgan fingerprint density at radius 2 is 2.28 bits per heavy atom. The van der Waals surface area contributed by atoms with E-state index in [2.05, 4.69) is 5.32 Å². The molecule has 98 valence electrons. The molecule has 18 heavy (non-hydrogen) atoms. The van der Waals surface area contributed by atoms with Crippen molar-refractivity contribution in [2.45, 2.75) is 25.4 Å². The minimum atomic E-state index is -0.324. The first-order valence-electron chi connectivity index (χ1n) is 6.32. The third kappa shape index (κ3) is 3.51. The van der Waals surface area contributed by atoms with Crippen molar-refractivity contribution in [3.05, 3.63) is 39.9 Å². The molecule has 2 rings (SSSR count). The van der Waals surface area contributed by atoms with E-state index in [-0.39, 0.29) is 10.6 Å². The van der Waals surface area contributed by atoms with Gasteiger partial charge in [-0.1, -0.05) is 18.2 Å². The van der Waals surface area contributed by atoms with Crippen LogP contribution in [0.4, 0.5) is 5.69 Å². The molecule has 0 radical (unpaired) electrons. The lowest BCUT2D eigenvalue weighted by atomic mass is 10.1. The topological polar surface area (TPSA) is 64.4 Å². The highest BCUT2D eigenvalue weighted by Crippen LogP contribution is 2.17. The zero-order valence-electron chi connectivity index (χ0n) is 10.3. The Labute approximate surface area is 106 Å². The lowest BCUT2D eigenvalue weighted by Gasteiger charge is -2.10. The summed E-state index contributed by atoms with van der Waals surface area (Å²) in [4.78, 5) is 10.5. The van der Waals surface area contributed by atoms with Crippen LogP contribution in [0.5, 0.6) is 0 Å². The fourth-order valence-corrected chi connectivity index (χ4v) is 2.19. The first-order chi connectivity index (χ1) is 8.77. The van der Waals surface area contributed by atoms with E-state index >= 15 is 0 Å². The number of nitro groups is 1. The number of nitrogens with zero attached hydrogens (tertiary/aromatic N) is 1. The van der Waals surface area contributed by atoms with Crippen molar-refractivity contribution in [2.24, 2.45) is 0 Å². The number of hydrogen-bond acceptors (Lipinski definition) is 4. The van der Waals surface area contributed by atoms with E-state index in [4.69, 9.17) is 4.74 Å². The van der Waals surface area contributed by atoms with Gasteiger partial charge in [-0.05, 0) is 25.8 Å². The van der Waals surface area contributed by atoms with Crippen molar-refractivity contribution in [3.63, 3.8) is 0 Å². The maximum absolute atomic E-state index is 10.8. The van der Waals surface area contributed by atoms with E-state index in [1.54, 1.807) is 12.1 Å². The highest BCUT2D eigenvalue weighted by atomic mass is 16.6. The van der Waals surface area contributed by atoms with Gasteiger partial charge in [0.2, 0.25) is 0 Å². The van der Waals surface area contributed by atoms with Gasteiger partial charge in [0, 0.05) is 24.8 Å². The molecule has 1 aromatic rings. The molecule has 1 aliphatic rings. The average Bonchev–Trinajstić information content (AvgIpc) is 2.88. The summed E-state index contributed by atoms with van der Waals surface area (Å²) in [6.07, 6.45) is 3.23. The summed E-state index contributed by atoms with van der Waals surface area (Å²) in [5, 5.41) is 14.1. The Kier molecular flexibility index (Phi) is 4.66. The van der Waals surface area contributed by atoms with Crippen LogP contribution in [0.3, 0.4) is 0 Å². The second kappa shape index (κ2) is 6.47. The van der Waals surface area contributed by atoms with Crippen LogP contribution in [0, 0.1) is 10.1 Å². The molecule has 5 heteroatoms. The van der Waals surface area contributed by atoms with Crippen LogP contribution in [0.2, 0.25) is 0 Å². The molecule has 0 spiro atoms. The minimum Gasteiger partial charge on any atom is -0.377 e. The van der Waals surface area contributed by atoms with Crippen LogP contribution >= 0.6 is 0 Å². The third-order valence-electron chi connectivity index (χ3n) is 3.16. The highest BCUT2D eigenvalue weighted by Gasteiger charge is 2.15. The summed E-state index contributed by atoms with van der Waals surface area (Å²) < 4.78 is 5.50. The van der Waals surface area contributed by atoms with Crippen molar-refractivity contribution in [3.8, 4) is 0 Å². The molecule has 1 unspecified atom stereocenters. The van der Waals surface area contributed by atoms with Crippen LogP contribution < -0.4 is 5.32 Å². The maximum Gasteiger partial charge on any atom is 0.272 e. The lowest BCUT2D eigenvalue weighted by molar-refractivity contribution is -0.385. The molecule has 1 atom stereocenters. The molecule has 1 heterocycles. The monoisotopic (exact) mass is 250 g/mol. The van der Waals surface area contributed by atoms with Gasteiger partial charge in [-0.3, -0.25) is 10.1 Å². The molecule has 1 aromatic carbocycles. The predicted molar refractivity (Wildman–Crippen MR) is 68.6 cm³/mol. The summed E-state index contributed by atoms with van der Waals surface area (Å²) >= 11 is 0. The Hall–Kier alpha value is -1.46. The van der Waals surface area contributed by atoms with Gasteiger partial charge in [0.1, 0.15) is 0 Å². The summed E-state index contributed by atoms with van der Waals surface area (Å²) in [5.41, 5.74) is 0.985. The maximum atomic E-state index is 10.8. The fourth-order valence-electron chi connectivity index (χ4n) is 2.19. The van der Waals surface area contributed by atoms with Gasteiger partial charge in [-0.2, -0.15) is 0 Å². The molecule has 0 aromatic heterocycles. The van der Waals surface area contributed by atoms with Gasteiger partial charge in [-0.15, -0.1) is 0 Å². The first-order valence-corrected chi connectivity index (χ1v) is 6.32. The molecular formula is C13H18N2O3. The Morgan fingerprint density at radius 1 is 1.44 bits per heavy atom. The zero-order chi connectivity index (χ0) is 12.8. The van der Waals surface area contributed by atoms with Gasteiger partial charge in [0.05, 0.1) is 11.0 Å². The van der Waals surface area contributed by atoms with Crippen molar-refractivity contribution in [1.82, 2.24) is 5.32 Å². The van der Waals surface area contributed by atoms with Crippen LogP contribution in [-0.4, -0.2) is 30.7 Å². The Bertz CT molecular complexity index is 403. The molecule has 1 saturated heterocycles. The number of ether oxygens (including phenoxy) is 1. The second-order valence-electron chi connectivity index (χ2n) is 4.47. The fraction of sp³-hybridized carbons (Fsp3) is 0.538. The van der Waals surface area contributed by atoms with Gasteiger partial charge < -0.3 is 10.1 Å². The number of nitro benzene ring substituents is 1. The van der Waals surface area contributed by atoms with E-state index in [1.807, 2.05) is 12.1 Å². The van der Waals surface area contributed by atoms with Gasteiger partial charge in [0.25, 0.3) is 5.69 Å². The number of benzene rings is 1. The zero-order valence-corrected chi connectivity index (χ0v) is 10.3. The van der Waals surface area contributed by atoms with E-state index in [9.17, 15) is 10.1 Å². The Morgan fingerprint density at radius 3 is 3.00 bits per heavy atom. The molecule has 0 saturated carbocycles. The summed E-state index contributed by atoms with van der Waals surface area (Å²) in [6.45, 7) is 2.43. The van der Waals surface area contributed by atoms with Crippen molar-refractivity contribution in [1.29, 1.82) is 0 Å². The van der Waals surface area contributed by atoms with Crippen LogP contribution in [-0.2, 0) is 11.2 Å². The van der Waals surface area contributed by atoms with Crippen LogP contribution in [0.1, 0.15) is 18.4 Å². The molecule has 0 aliphatic carbocycles. The second-order valence-corrected chi connectivity index (χ2v) is 4.47. The third-order valence-corrected chi connectivity index (χ3v) is 3.16. The average molecular weight is 250 g/mol. The van der Waals surface area contributed by atoms with Gasteiger partial charge >= 0.3 is 0 Å². The normalized spacial score (nSPS) is 19.0. The molecule has 5 nitrogen and oxygen atoms in total. The number of nitrogens with one attached hydrogen (secondary N) is 1. The minimum absolute atomic E-state index is 0.205. The van der Waals surface area contributed by atoms with E-state index in [0.717, 1.165) is 38.1 Å². The van der Waals surface area contributed by atoms with Crippen molar-refractivity contribution >= 4 is 5.69 Å². The smallest absolute Gasteiger partial charge is 0.272 e. The Balaban J connectivity index is 1.77. The van der Waals surface area contributed by atoms with Crippen molar-refractivity contribution in [2.75, 3.05) is 19.7 Å². The molecule has 1 aliphatic heterocycles. The summed E-state index contributed by atoms with van der Waals surface area (Å²) in [5.74, 6) is 0. The van der Waals surface area contributed by atoms with E-state index in [0.29, 0.717) is 12.5 Å².